The summed E-state index contributed by atoms with van der Waals surface area (Å²) in [5.74, 6) is -0.608. The number of hydrogen-bond acceptors (Lipinski definition) is 11. The number of aliphatic hydroxyl groups excluding tert-OH is 1. The van der Waals surface area contributed by atoms with Crippen molar-refractivity contribution in [2.45, 2.75) is 131 Å². The highest BCUT2D eigenvalue weighted by Crippen LogP contribution is 2.55. The first-order valence-electron chi connectivity index (χ1n) is 23.5. The zero-order chi connectivity index (χ0) is 49.6. The molecule has 2 aliphatic rings. The van der Waals surface area contributed by atoms with Gasteiger partial charge in [0.15, 0.2) is 5.78 Å². The Balaban J connectivity index is 0.887. The Morgan fingerprint density at radius 1 is 1.00 bits per heavy atom. The third-order valence-corrected chi connectivity index (χ3v) is 14.7. The Bertz CT molecular complexity index is 2440. The van der Waals surface area contributed by atoms with Crippen molar-refractivity contribution in [3.8, 4) is 22.3 Å². The topological polar surface area (TPSA) is 183 Å². The number of nitrogens with one attached hydrogen (secondary N) is 3. The molecule has 1 saturated carbocycles. The molecule has 1 aromatic heterocycles. The number of unbranched alkanes of at least 4 members (excludes halogenated alkanes) is 2. The Morgan fingerprint density at radius 3 is 2.31 bits per heavy atom. The molecule has 1 saturated heterocycles. The summed E-state index contributed by atoms with van der Waals surface area (Å²) in [7, 11) is 0. The van der Waals surface area contributed by atoms with Crippen molar-refractivity contribution in [1.29, 1.82) is 5.26 Å². The van der Waals surface area contributed by atoms with Crippen LogP contribution in [0.4, 0.5) is 5.69 Å². The first kappa shape index (κ1) is 52.0. The zero-order valence-corrected chi connectivity index (χ0v) is 42.4. The molecule has 364 valence electrons. The Morgan fingerprint density at radius 2 is 1.69 bits per heavy atom. The van der Waals surface area contributed by atoms with Crippen molar-refractivity contribution in [3.63, 3.8) is 0 Å². The summed E-state index contributed by atoms with van der Waals surface area (Å²) < 4.78 is 12.1. The average molecular weight is 968 g/mol. The molecule has 4 atom stereocenters. The number of likely N-dealkylation sites (tertiary alicyclic amines) is 1. The van der Waals surface area contributed by atoms with Gasteiger partial charge in [0.1, 0.15) is 30.6 Å². The maximum absolute atomic E-state index is 14.1. The molecule has 1 aliphatic carbocycles. The van der Waals surface area contributed by atoms with Crippen LogP contribution in [-0.2, 0) is 19.1 Å². The minimum atomic E-state index is -0.924. The van der Waals surface area contributed by atoms with Crippen molar-refractivity contribution < 1.29 is 33.8 Å². The van der Waals surface area contributed by atoms with Gasteiger partial charge in [-0.2, -0.15) is 5.26 Å². The summed E-state index contributed by atoms with van der Waals surface area (Å²) in [6.45, 7) is 18.7. The lowest BCUT2D eigenvalue weighted by Crippen LogP contribution is -2.74. The smallest absolute Gasteiger partial charge is 0.251 e. The Labute approximate surface area is 410 Å². The molecule has 0 spiro atoms. The second kappa shape index (κ2) is 22.0. The highest BCUT2D eigenvalue weighted by atomic mass is 35.5. The van der Waals surface area contributed by atoms with Crippen molar-refractivity contribution in [2.75, 3.05) is 31.6 Å². The number of hydrogen-bond donors (Lipinski definition) is 4. The van der Waals surface area contributed by atoms with E-state index in [0.717, 1.165) is 46.6 Å². The minimum Gasteiger partial charge on any atom is -0.489 e. The minimum absolute atomic E-state index is 0.0265. The fraction of sp³-hybridized carbons (Fsp3) is 0.509. The summed E-state index contributed by atoms with van der Waals surface area (Å²) in [5, 5.41) is 29.7. The van der Waals surface area contributed by atoms with Crippen LogP contribution >= 0.6 is 22.9 Å². The van der Waals surface area contributed by atoms with Gasteiger partial charge in [-0.15, -0.1) is 11.3 Å². The monoisotopic (exact) mass is 966 g/mol. The molecule has 2 heterocycles. The number of nitriles is 1. The van der Waals surface area contributed by atoms with E-state index in [2.05, 4.69) is 54.7 Å². The quantitative estimate of drug-likeness (QED) is 0.0624. The number of halogens is 1. The van der Waals surface area contributed by atoms with Crippen LogP contribution < -0.4 is 20.7 Å². The molecule has 2 fully saturated rings. The number of benzene rings is 3. The number of thiazole rings is 1. The summed E-state index contributed by atoms with van der Waals surface area (Å²) in [6.07, 6.45) is 1.79. The van der Waals surface area contributed by atoms with Gasteiger partial charge in [0.05, 0.1) is 38.8 Å². The predicted octanol–water partition coefficient (Wildman–Crippen LogP) is 9.11. The van der Waals surface area contributed by atoms with E-state index in [9.17, 15) is 29.5 Å². The number of nitrogens with zero attached hydrogens (tertiary/aromatic N) is 3. The number of carbonyl (C=O) groups is 4. The number of carbonyl (C=O) groups excluding carboxylic acids is 4. The SMILES string of the molecule is Cc1ncsc1-c1ccc([C@@H](C)CC(=O)C2C[C@H](O)CN2C(=O)[C@H](NC(=O)COCCCCCNc2ccc(C(=O)NC3C(C)(C)C(Oc4ccc(C#N)c(Cl)c4)C3(C)C)cc2)C(C)(C)C)cc1. The molecule has 13 nitrogen and oxygen atoms in total. The van der Waals surface area contributed by atoms with Gasteiger partial charge in [0.25, 0.3) is 5.91 Å². The number of aliphatic hydroxyl groups is 1. The summed E-state index contributed by atoms with van der Waals surface area (Å²) in [6, 6.07) is 20.8. The van der Waals surface area contributed by atoms with Crippen LogP contribution in [0.5, 0.6) is 5.75 Å². The molecular weight excluding hydrogens is 900 g/mol. The number of amides is 3. The van der Waals surface area contributed by atoms with Crippen molar-refractivity contribution >= 4 is 52.1 Å². The average Bonchev–Trinajstić information content (AvgIpc) is 3.91. The van der Waals surface area contributed by atoms with Gasteiger partial charge >= 0.3 is 0 Å². The molecule has 1 aliphatic heterocycles. The van der Waals surface area contributed by atoms with Crippen molar-refractivity contribution in [3.05, 3.63) is 99.6 Å². The largest absolute Gasteiger partial charge is 0.489 e. The first-order chi connectivity index (χ1) is 32.1. The number of aryl methyl sites for hydroxylation is 1. The normalized spacial score (nSPS) is 20.4. The lowest BCUT2D eigenvalue weighted by Gasteiger charge is -2.63. The van der Waals surface area contributed by atoms with Crippen LogP contribution in [0.25, 0.3) is 10.4 Å². The third kappa shape index (κ3) is 12.3. The fourth-order valence-electron chi connectivity index (χ4n) is 9.93. The van der Waals surface area contributed by atoms with Crippen molar-refractivity contribution in [1.82, 2.24) is 20.5 Å². The van der Waals surface area contributed by atoms with Crippen LogP contribution in [0.1, 0.15) is 121 Å². The van der Waals surface area contributed by atoms with E-state index in [1.54, 1.807) is 41.7 Å². The van der Waals surface area contributed by atoms with E-state index < -0.39 is 35.4 Å². The second-order valence-electron chi connectivity index (χ2n) is 20.6. The molecule has 1 unspecified atom stereocenters. The molecular formula is C53H67ClN6O7S. The molecule has 4 aromatic rings. The lowest BCUT2D eigenvalue weighted by molar-refractivity contribution is -0.164. The summed E-state index contributed by atoms with van der Waals surface area (Å²) in [5.41, 5.74) is 5.31. The molecule has 6 rings (SSSR count). The van der Waals surface area contributed by atoms with Gasteiger partial charge in [0.2, 0.25) is 11.8 Å². The Hall–Kier alpha value is -5.33. The van der Waals surface area contributed by atoms with E-state index in [1.165, 1.54) is 4.90 Å². The molecule has 4 N–H and O–H groups in total. The number of ether oxygens (including phenoxy) is 2. The van der Waals surface area contributed by atoms with E-state index in [4.69, 9.17) is 21.1 Å². The number of anilines is 1. The van der Waals surface area contributed by atoms with Crippen LogP contribution in [0.3, 0.4) is 0 Å². The third-order valence-electron chi connectivity index (χ3n) is 13.5. The highest BCUT2D eigenvalue weighted by Gasteiger charge is 2.64. The van der Waals surface area contributed by atoms with Gasteiger partial charge in [-0.1, -0.05) is 91.3 Å². The Kier molecular flexibility index (Phi) is 16.8. The van der Waals surface area contributed by atoms with Crippen LogP contribution in [0.15, 0.2) is 72.2 Å². The molecule has 0 radical (unpaired) electrons. The van der Waals surface area contributed by atoms with Crippen LogP contribution in [0, 0.1) is 34.5 Å². The van der Waals surface area contributed by atoms with Crippen LogP contribution in [-0.4, -0.2) is 95.1 Å². The molecule has 3 aromatic carbocycles. The van der Waals surface area contributed by atoms with Gasteiger partial charge in [-0.25, -0.2) is 4.98 Å². The number of Topliss-reactive ketones (excluding diaryl/α,β-unsaturated/α-hetero) is 1. The van der Waals surface area contributed by atoms with Gasteiger partial charge in [0, 0.05) is 66.7 Å². The van der Waals surface area contributed by atoms with Gasteiger partial charge in [-0.3, -0.25) is 19.2 Å². The lowest BCUT2D eigenvalue weighted by atomic mass is 9.49. The number of rotatable bonds is 20. The van der Waals surface area contributed by atoms with E-state index in [-0.39, 0.29) is 66.6 Å². The van der Waals surface area contributed by atoms with Gasteiger partial charge < -0.3 is 35.4 Å². The standard InChI is InChI=1S/C53H67ClN6O7S/c1-32(34-13-15-35(16-14-34)45-33(2)57-31-68-45)25-43(62)42-26-39(61)29-60(42)48(65)46(51(3,4)5)58-44(63)30-66-24-12-10-11-23-56-38-20-17-36(18-21-38)47(64)59-49-52(6,7)50(53(49,8)9)67-40-22-19-37(28-55)41(54)27-40/h13-22,27,31-32,39,42,46,49-50,56,61H,10-12,23-26,29-30H2,1-9H3,(H,58,63)(H,59,64)/t32-,39-,42?,46-,49?,50?/m0/s1. The number of aromatic nitrogens is 1. The summed E-state index contributed by atoms with van der Waals surface area (Å²) in [4.78, 5) is 61.2. The van der Waals surface area contributed by atoms with E-state index in [0.29, 0.717) is 35.1 Å². The van der Waals surface area contributed by atoms with E-state index >= 15 is 0 Å². The zero-order valence-electron chi connectivity index (χ0n) is 40.8. The predicted molar refractivity (Wildman–Crippen MR) is 267 cm³/mol. The summed E-state index contributed by atoms with van der Waals surface area (Å²) >= 11 is 7.83. The highest BCUT2D eigenvalue weighted by molar-refractivity contribution is 7.13. The maximum Gasteiger partial charge on any atom is 0.251 e. The number of β-amino-alcohol motifs (C(OH)–C–C–N with tert-alkyl or cyclic N) is 1. The fourth-order valence-corrected chi connectivity index (χ4v) is 11.0. The molecule has 3 amide bonds. The second-order valence-corrected chi connectivity index (χ2v) is 21.9. The molecule has 15 heteroatoms. The van der Waals surface area contributed by atoms with E-state index in [1.807, 2.05) is 76.5 Å². The van der Waals surface area contributed by atoms with Crippen molar-refractivity contribution in [2.24, 2.45) is 16.2 Å². The molecule has 0 bridgehead atoms. The van der Waals surface area contributed by atoms with Crippen LogP contribution in [0.2, 0.25) is 5.02 Å². The number of ketones is 1. The van der Waals surface area contributed by atoms with Gasteiger partial charge in [-0.05, 0) is 85.0 Å². The molecule has 68 heavy (non-hydrogen) atoms. The maximum atomic E-state index is 14.1. The first-order valence-corrected chi connectivity index (χ1v) is 24.8.